The largest absolute Gasteiger partial charge is 0.207 e. The summed E-state index contributed by atoms with van der Waals surface area (Å²) in [4.78, 5) is 0.749. The van der Waals surface area contributed by atoms with Crippen molar-refractivity contribution in [1.29, 1.82) is 0 Å². The first-order valence-corrected chi connectivity index (χ1v) is 7.00. The van der Waals surface area contributed by atoms with Crippen LogP contribution < -0.4 is 0 Å². The third kappa shape index (κ3) is 2.68. The molecule has 5 heteroatoms. The quantitative estimate of drug-likeness (QED) is 0.656. The topological polar surface area (TPSA) is 0 Å². The molecule has 2 aromatic rings. The van der Waals surface area contributed by atoms with Gasteiger partial charge in [0.25, 0.3) is 0 Å². The van der Waals surface area contributed by atoms with Gasteiger partial charge in [-0.1, -0.05) is 17.7 Å². The van der Waals surface area contributed by atoms with Crippen molar-refractivity contribution >= 4 is 34.5 Å². The highest BCUT2D eigenvalue weighted by atomic mass is 35.5. The lowest BCUT2D eigenvalue weighted by Crippen LogP contribution is -2.00. The molecule has 2 rings (SSSR count). The van der Waals surface area contributed by atoms with Crippen LogP contribution in [0.1, 0.15) is 21.4 Å². The summed E-state index contributed by atoms with van der Waals surface area (Å²) in [6.45, 7) is 1.87. The van der Waals surface area contributed by atoms with Crippen molar-refractivity contribution in [3.05, 3.63) is 56.2 Å². The Morgan fingerprint density at radius 1 is 1.28 bits per heavy atom. The number of hydrogen-bond donors (Lipinski definition) is 0. The maximum atomic E-state index is 13.5. The van der Waals surface area contributed by atoms with Crippen molar-refractivity contribution in [1.82, 2.24) is 0 Å². The van der Waals surface area contributed by atoms with Crippen molar-refractivity contribution in [2.75, 3.05) is 0 Å². The lowest BCUT2D eigenvalue weighted by molar-refractivity contribution is 0.553. The fourth-order valence-electron chi connectivity index (χ4n) is 1.66. The molecule has 1 unspecified atom stereocenters. The summed E-state index contributed by atoms with van der Waals surface area (Å²) < 4.78 is 27.0. The smallest absolute Gasteiger partial charge is 0.129 e. The van der Waals surface area contributed by atoms with Crippen LogP contribution in [-0.4, -0.2) is 0 Å². The monoisotopic (exact) mass is 306 g/mol. The molecule has 1 heterocycles. The molecular formula is C13H10Cl2F2S. The first-order valence-electron chi connectivity index (χ1n) is 5.31. The van der Waals surface area contributed by atoms with E-state index in [1.165, 1.54) is 29.5 Å². The van der Waals surface area contributed by atoms with Crippen LogP contribution in [0.4, 0.5) is 8.78 Å². The third-order valence-electron chi connectivity index (χ3n) is 2.65. The van der Waals surface area contributed by atoms with Gasteiger partial charge in [0, 0.05) is 10.4 Å². The van der Waals surface area contributed by atoms with E-state index in [2.05, 4.69) is 0 Å². The van der Waals surface area contributed by atoms with E-state index < -0.39 is 17.0 Å². The lowest BCUT2D eigenvalue weighted by atomic mass is 10.1. The number of alkyl halides is 1. The van der Waals surface area contributed by atoms with Gasteiger partial charge in [0.05, 0.1) is 10.4 Å². The second-order valence-corrected chi connectivity index (χ2v) is 5.78. The molecule has 0 aliphatic heterocycles. The molecule has 1 aromatic carbocycles. The summed E-state index contributed by atoms with van der Waals surface area (Å²) in [5.74, 6) is -1.16. The van der Waals surface area contributed by atoms with E-state index in [0.29, 0.717) is 5.02 Å². The maximum Gasteiger partial charge on any atom is 0.129 e. The molecule has 1 aromatic heterocycles. The summed E-state index contributed by atoms with van der Waals surface area (Å²) in [5.41, 5.74) is 0.927. The average molecular weight is 307 g/mol. The van der Waals surface area contributed by atoms with E-state index in [-0.39, 0.29) is 12.0 Å². The number of rotatable bonds is 3. The van der Waals surface area contributed by atoms with Crippen LogP contribution in [0.15, 0.2) is 23.6 Å². The normalized spacial score (nSPS) is 12.7. The minimum atomic E-state index is -0.579. The van der Waals surface area contributed by atoms with Crippen molar-refractivity contribution in [3.63, 3.8) is 0 Å². The SMILES string of the molecule is Cc1csc(C(Cl)Cc2c(F)cccc2F)c1Cl. The number of hydrogen-bond acceptors (Lipinski definition) is 1. The van der Waals surface area contributed by atoms with Gasteiger partial charge in [0.15, 0.2) is 0 Å². The van der Waals surface area contributed by atoms with Gasteiger partial charge in [-0.3, -0.25) is 0 Å². The molecule has 0 amide bonds. The Kier molecular flexibility index (Phi) is 4.25. The van der Waals surface area contributed by atoms with E-state index in [9.17, 15) is 8.78 Å². The van der Waals surface area contributed by atoms with Gasteiger partial charge in [-0.15, -0.1) is 22.9 Å². The highest BCUT2D eigenvalue weighted by Gasteiger charge is 2.19. The van der Waals surface area contributed by atoms with Crippen LogP contribution in [-0.2, 0) is 6.42 Å². The Balaban J connectivity index is 2.27. The summed E-state index contributed by atoms with van der Waals surface area (Å²) >= 11 is 13.7. The zero-order valence-electron chi connectivity index (χ0n) is 9.51. The summed E-state index contributed by atoms with van der Waals surface area (Å²) in [6.07, 6.45) is 0.0831. The molecule has 0 aliphatic carbocycles. The summed E-state index contributed by atoms with van der Waals surface area (Å²) in [7, 11) is 0. The van der Waals surface area contributed by atoms with E-state index in [0.717, 1.165) is 10.4 Å². The summed E-state index contributed by atoms with van der Waals surface area (Å²) in [6, 6.07) is 3.78. The van der Waals surface area contributed by atoms with Crippen LogP contribution >= 0.6 is 34.5 Å². The van der Waals surface area contributed by atoms with Crippen molar-refractivity contribution < 1.29 is 8.78 Å². The molecule has 0 radical (unpaired) electrons. The van der Waals surface area contributed by atoms with Gasteiger partial charge in [0.1, 0.15) is 11.6 Å². The minimum absolute atomic E-state index is 0.000352. The molecule has 0 nitrogen and oxygen atoms in total. The first-order chi connectivity index (χ1) is 8.50. The number of aryl methyl sites for hydroxylation is 1. The molecule has 0 saturated carbocycles. The minimum Gasteiger partial charge on any atom is -0.207 e. The second kappa shape index (κ2) is 5.55. The van der Waals surface area contributed by atoms with E-state index >= 15 is 0 Å². The molecule has 0 spiro atoms. The molecule has 0 fully saturated rings. The Labute approximate surface area is 118 Å². The van der Waals surface area contributed by atoms with Crippen LogP contribution in [0.3, 0.4) is 0 Å². The van der Waals surface area contributed by atoms with Gasteiger partial charge in [-0.2, -0.15) is 0 Å². The van der Waals surface area contributed by atoms with E-state index in [1.54, 1.807) is 0 Å². The fraction of sp³-hybridized carbons (Fsp3) is 0.231. The number of benzene rings is 1. The Morgan fingerprint density at radius 3 is 2.39 bits per heavy atom. The molecule has 0 aliphatic rings. The van der Waals surface area contributed by atoms with E-state index in [1.807, 2.05) is 12.3 Å². The molecule has 0 N–H and O–H groups in total. The highest BCUT2D eigenvalue weighted by molar-refractivity contribution is 7.11. The van der Waals surface area contributed by atoms with Gasteiger partial charge in [0.2, 0.25) is 0 Å². The van der Waals surface area contributed by atoms with Crippen LogP contribution in [0.25, 0.3) is 0 Å². The van der Waals surface area contributed by atoms with Crippen molar-refractivity contribution in [3.8, 4) is 0 Å². The van der Waals surface area contributed by atoms with Crippen LogP contribution in [0, 0.1) is 18.6 Å². The predicted octanol–water partition coefficient (Wildman–Crippen LogP) is 5.51. The third-order valence-corrected chi connectivity index (χ3v) is 4.98. The van der Waals surface area contributed by atoms with Crippen molar-refractivity contribution in [2.24, 2.45) is 0 Å². The van der Waals surface area contributed by atoms with Crippen LogP contribution in [0.2, 0.25) is 5.02 Å². The Bertz CT molecular complexity index is 546. The lowest BCUT2D eigenvalue weighted by Gasteiger charge is -2.10. The molecule has 1 atom stereocenters. The van der Waals surface area contributed by atoms with Crippen LogP contribution in [0.5, 0.6) is 0 Å². The van der Waals surface area contributed by atoms with E-state index in [4.69, 9.17) is 23.2 Å². The second-order valence-electron chi connectivity index (χ2n) is 3.97. The molecule has 0 bridgehead atoms. The zero-order valence-corrected chi connectivity index (χ0v) is 11.8. The average Bonchev–Trinajstić information content (AvgIpc) is 2.65. The fourth-order valence-corrected chi connectivity index (χ4v) is 3.44. The predicted molar refractivity (Wildman–Crippen MR) is 72.7 cm³/mol. The van der Waals surface area contributed by atoms with Gasteiger partial charge >= 0.3 is 0 Å². The molecular weight excluding hydrogens is 297 g/mol. The zero-order chi connectivity index (χ0) is 13.3. The number of thiophene rings is 1. The maximum absolute atomic E-state index is 13.5. The highest BCUT2D eigenvalue weighted by Crippen LogP contribution is 2.38. The van der Waals surface area contributed by atoms with Crippen molar-refractivity contribution in [2.45, 2.75) is 18.7 Å². The Hall–Kier alpha value is -0.640. The Morgan fingerprint density at radius 2 is 1.89 bits per heavy atom. The standard InChI is InChI=1S/C13H10Cl2F2S/c1-7-6-18-13(12(7)15)9(14)5-8-10(16)3-2-4-11(8)17/h2-4,6,9H,5H2,1H3. The number of halogens is 4. The van der Waals surface area contributed by atoms with Gasteiger partial charge in [-0.05, 0) is 36.4 Å². The molecule has 18 heavy (non-hydrogen) atoms. The van der Waals surface area contributed by atoms with Gasteiger partial charge in [-0.25, -0.2) is 8.78 Å². The first kappa shape index (κ1) is 13.8. The van der Waals surface area contributed by atoms with Gasteiger partial charge < -0.3 is 0 Å². The molecule has 0 saturated heterocycles. The summed E-state index contributed by atoms with van der Waals surface area (Å²) in [5, 5.41) is 1.93. The molecule has 96 valence electrons.